The van der Waals surface area contributed by atoms with Crippen LogP contribution in [0.4, 0.5) is 0 Å². The number of hydrogen-bond acceptors (Lipinski definition) is 2. The minimum absolute atomic E-state index is 0.0174. The molecule has 74 valence electrons. The van der Waals surface area contributed by atoms with Gasteiger partial charge >= 0.3 is 5.97 Å². The van der Waals surface area contributed by atoms with Gasteiger partial charge in [0.25, 0.3) is 0 Å². The van der Waals surface area contributed by atoms with E-state index in [0.717, 1.165) is 0 Å². The maximum Gasteiger partial charge on any atom is 0.317 e. The molecule has 0 aliphatic heterocycles. The van der Waals surface area contributed by atoms with Crippen molar-refractivity contribution in [2.45, 2.75) is 26.8 Å². The van der Waals surface area contributed by atoms with Gasteiger partial charge in [-0.05, 0) is 12.8 Å². The Kier molecular flexibility index (Phi) is 5.17. The van der Waals surface area contributed by atoms with Crippen LogP contribution in [-0.2, 0) is 4.79 Å². The maximum absolute atomic E-state index is 10.5. The molecule has 1 unspecified atom stereocenters. The molecule has 1 N–H and O–H groups in total. The lowest BCUT2D eigenvalue weighted by atomic mass is 10.0. The van der Waals surface area contributed by atoms with Gasteiger partial charge in [-0.15, -0.1) is 6.42 Å². The molecule has 1 atom stereocenters. The molecule has 0 fully saturated rings. The van der Waals surface area contributed by atoms with E-state index in [9.17, 15) is 4.79 Å². The Labute approximate surface area is 79.7 Å². The van der Waals surface area contributed by atoms with E-state index in [2.05, 4.69) is 19.8 Å². The average Bonchev–Trinajstić information content (AvgIpc) is 2.01. The smallest absolute Gasteiger partial charge is 0.317 e. The molecule has 0 spiro atoms. The fraction of sp³-hybridized carbons (Fsp3) is 0.700. The summed E-state index contributed by atoms with van der Waals surface area (Å²) >= 11 is 0. The molecule has 0 aliphatic rings. The van der Waals surface area contributed by atoms with Crippen LogP contribution in [-0.4, -0.2) is 35.1 Å². The van der Waals surface area contributed by atoms with Gasteiger partial charge in [0, 0.05) is 6.04 Å². The van der Waals surface area contributed by atoms with E-state index in [1.54, 1.807) is 4.90 Å². The fourth-order valence-electron chi connectivity index (χ4n) is 1.06. The largest absolute Gasteiger partial charge is 0.480 e. The highest BCUT2D eigenvalue weighted by Crippen LogP contribution is 2.08. The molecule has 0 bridgehead atoms. The van der Waals surface area contributed by atoms with Gasteiger partial charge in [0.05, 0.1) is 13.1 Å². The average molecular weight is 183 g/mol. The van der Waals surface area contributed by atoms with Gasteiger partial charge in [0.15, 0.2) is 0 Å². The third kappa shape index (κ3) is 4.54. The van der Waals surface area contributed by atoms with Crippen LogP contribution < -0.4 is 0 Å². The monoisotopic (exact) mass is 183 g/mol. The Bertz CT molecular complexity index is 205. The number of carboxylic acids is 1. The van der Waals surface area contributed by atoms with E-state index in [-0.39, 0.29) is 12.6 Å². The molecule has 0 aromatic rings. The lowest BCUT2D eigenvalue weighted by Gasteiger charge is -2.28. The number of carboxylic acid groups (broad SMARTS) is 1. The fourth-order valence-corrected chi connectivity index (χ4v) is 1.06. The number of aliphatic carboxylic acids is 1. The summed E-state index contributed by atoms with van der Waals surface area (Å²) in [6.07, 6.45) is 5.16. The highest BCUT2D eigenvalue weighted by Gasteiger charge is 2.18. The van der Waals surface area contributed by atoms with Gasteiger partial charge in [-0.3, -0.25) is 9.69 Å². The van der Waals surface area contributed by atoms with Crippen molar-refractivity contribution in [3.63, 3.8) is 0 Å². The first kappa shape index (κ1) is 12.0. The molecule has 0 aliphatic carbocycles. The molecule has 0 rings (SSSR count). The first-order valence-electron chi connectivity index (χ1n) is 4.38. The topological polar surface area (TPSA) is 40.5 Å². The van der Waals surface area contributed by atoms with Gasteiger partial charge in [-0.25, -0.2) is 0 Å². The predicted octanol–water partition coefficient (Wildman–Crippen LogP) is 1.05. The van der Waals surface area contributed by atoms with Crippen LogP contribution in [0.5, 0.6) is 0 Å². The first-order valence-corrected chi connectivity index (χ1v) is 4.38. The van der Waals surface area contributed by atoms with Crippen LogP contribution in [0.15, 0.2) is 0 Å². The molecule has 0 heterocycles. The number of carbonyl (C=O) groups is 1. The van der Waals surface area contributed by atoms with Crippen molar-refractivity contribution in [1.82, 2.24) is 4.90 Å². The zero-order valence-corrected chi connectivity index (χ0v) is 8.45. The first-order chi connectivity index (χ1) is 5.99. The van der Waals surface area contributed by atoms with E-state index in [4.69, 9.17) is 11.5 Å². The zero-order chi connectivity index (χ0) is 10.4. The summed E-state index contributed by atoms with van der Waals surface area (Å²) in [5, 5.41) is 8.63. The summed E-state index contributed by atoms with van der Waals surface area (Å²) in [4.78, 5) is 12.3. The Morgan fingerprint density at radius 1 is 1.54 bits per heavy atom. The van der Waals surface area contributed by atoms with Crippen LogP contribution in [0.3, 0.4) is 0 Å². The van der Waals surface area contributed by atoms with E-state index in [1.807, 2.05) is 6.92 Å². The van der Waals surface area contributed by atoms with Gasteiger partial charge in [-0.1, -0.05) is 19.8 Å². The quantitative estimate of drug-likeness (QED) is 0.648. The molecule has 0 radical (unpaired) electrons. The number of hydrogen-bond donors (Lipinski definition) is 1. The molecule has 0 aromatic carbocycles. The van der Waals surface area contributed by atoms with Crippen molar-refractivity contribution in [1.29, 1.82) is 0 Å². The third-order valence-corrected chi connectivity index (χ3v) is 2.17. The minimum atomic E-state index is -0.831. The summed E-state index contributed by atoms with van der Waals surface area (Å²) in [7, 11) is 0. The summed E-state index contributed by atoms with van der Waals surface area (Å²) in [6, 6.07) is 0.201. The van der Waals surface area contributed by atoms with Gasteiger partial charge in [-0.2, -0.15) is 0 Å². The van der Waals surface area contributed by atoms with Crippen LogP contribution in [0.1, 0.15) is 20.8 Å². The van der Waals surface area contributed by atoms with Crippen molar-refractivity contribution in [2.24, 2.45) is 5.92 Å². The van der Waals surface area contributed by atoms with E-state index in [1.165, 1.54) is 0 Å². The Balaban J connectivity index is 4.24. The second-order valence-corrected chi connectivity index (χ2v) is 3.49. The Morgan fingerprint density at radius 3 is 2.38 bits per heavy atom. The molecule has 0 saturated heterocycles. The van der Waals surface area contributed by atoms with Gasteiger partial charge in [0.2, 0.25) is 0 Å². The molecule has 3 heteroatoms. The van der Waals surface area contributed by atoms with Crippen molar-refractivity contribution < 1.29 is 9.90 Å². The van der Waals surface area contributed by atoms with Crippen LogP contribution in [0.2, 0.25) is 0 Å². The third-order valence-electron chi connectivity index (χ3n) is 2.17. The second kappa shape index (κ2) is 5.60. The predicted molar refractivity (Wildman–Crippen MR) is 52.3 cm³/mol. The van der Waals surface area contributed by atoms with Crippen molar-refractivity contribution in [3.8, 4) is 12.3 Å². The summed E-state index contributed by atoms with van der Waals surface area (Å²) in [6.45, 7) is 6.51. The Hall–Kier alpha value is -1.01. The number of rotatable bonds is 5. The van der Waals surface area contributed by atoms with Crippen LogP contribution in [0.25, 0.3) is 0 Å². The van der Waals surface area contributed by atoms with Crippen molar-refractivity contribution in [2.75, 3.05) is 13.1 Å². The van der Waals surface area contributed by atoms with E-state index < -0.39 is 5.97 Å². The normalized spacial score (nSPS) is 12.9. The van der Waals surface area contributed by atoms with Crippen LogP contribution >= 0.6 is 0 Å². The van der Waals surface area contributed by atoms with Crippen molar-refractivity contribution >= 4 is 5.97 Å². The Morgan fingerprint density at radius 2 is 2.08 bits per heavy atom. The standard InChI is InChI=1S/C10H17NO2/c1-5-6-11(7-10(12)13)9(4)8(2)3/h1,8-9H,6-7H2,2-4H3,(H,12,13). The van der Waals surface area contributed by atoms with Crippen LogP contribution in [0, 0.1) is 18.3 Å². The minimum Gasteiger partial charge on any atom is -0.480 e. The van der Waals surface area contributed by atoms with Gasteiger partial charge in [0.1, 0.15) is 0 Å². The molecule has 0 saturated carbocycles. The second-order valence-electron chi connectivity index (χ2n) is 3.49. The molecular formula is C10H17NO2. The number of terminal acetylenes is 1. The SMILES string of the molecule is C#CCN(CC(=O)O)C(C)C(C)C. The zero-order valence-electron chi connectivity index (χ0n) is 8.45. The highest BCUT2D eigenvalue weighted by molar-refractivity contribution is 5.69. The molecule has 0 aromatic heterocycles. The summed E-state index contributed by atoms with van der Waals surface area (Å²) < 4.78 is 0. The molecular weight excluding hydrogens is 166 g/mol. The van der Waals surface area contributed by atoms with E-state index in [0.29, 0.717) is 12.5 Å². The maximum atomic E-state index is 10.5. The number of nitrogens with zero attached hydrogens (tertiary/aromatic N) is 1. The molecule has 0 amide bonds. The summed E-state index contributed by atoms with van der Waals surface area (Å²) in [5.41, 5.74) is 0. The summed E-state index contributed by atoms with van der Waals surface area (Å²) in [5.74, 6) is 2.05. The molecule has 3 nitrogen and oxygen atoms in total. The van der Waals surface area contributed by atoms with E-state index >= 15 is 0 Å². The highest BCUT2D eigenvalue weighted by atomic mass is 16.4. The molecule has 13 heavy (non-hydrogen) atoms. The lowest BCUT2D eigenvalue weighted by molar-refractivity contribution is -0.138. The van der Waals surface area contributed by atoms with Crippen molar-refractivity contribution in [3.05, 3.63) is 0 Å². The lowest BCUT2D eigenvalue weighted by Crippen LogP contribution is -2.40. The van der Waals surface area contributed by atoms with Gasteiger partial charge < -0.3 is 5.11 Å².